The second kappa shape index (κ2) is 17.9. The molecule has 0 amide bonds. The Balaban J connectivity index is 0.994. The van der Waals surface area contributed by atoms with Crippen LogP contribution in [-0.2, 0) is 21.7 Å². The number of hydrogen-bond acceptors (Lipinski definition) is 0. The van der Waals surface area contributed by atoms with E-state index in [9.17, 15) is 0 Å². The molecule has 6 aromatic heterocycles. The second-order valence-electron chi connectivity index (χ2n) is 30.2. The molecule has 0 unspecified atom stereocenters. The lowest BCUT2D eigenvalue weighted by Crippen LogP contribution is -2.11. The van der Waals surface area contributed by atoms with Gasteiger partial charge in [0.1, 0.15) is 0 Å². The first-order valence-electron chi connectivity index (χ1n) is 32.3. The van der Waals surface area contributed by atoms with Gasteiger partial charge in [0, 0.05) is 97.9 Å². The Labute approximate surface area is 524 Å². The highest BCUT2D eigenvalue weighted by Crippen LogP contribution is 2.52. The van der Waals surface area contributed by atoms with Crippen LogP contribution in [0.25, 0.3) is 164 Å². The number of rotatable bonds is 4. The molecule has 0 atom stereocenters. The molecular formula is C86H72N4. The highest BCUT2D eigenvalue weighted by atomic mass is 15.0. The smallest absolute Gasteiger partial charge is 0.0621 e. The molecule has 0 fully saturated rings. The van der Waals surface area contributed by atoms with Crippen molar-refractivity contribution >= 4 is 131 Å². The van der Waals surface area contributed by atoms with Crippen LogP contribution in [0.4, 0.5) is 0 Å². The van der Waals surface area contributed by atoms with Crippen LogP contribution >= 0.6 is 0 Å². The summed E-state index contributed by atoms with van der Waals surface area (Å²) in [6.45, 7) is 28.5. The minimum atomic E-state index is -0.115. The highest BCUT2D eigenvalue weighted by Gasteiger charge is 2.31. The first-order valence-corrected chi connectivity index (χ1v) is 32.3. The van der Waals surface area contributed by atoms with Crippen molar-refractivity contribution in [3.05, 3.63) is 241 Å². The Morgan fingerprint density at radius 2 is 0.489 bits per heavy atom. The fourth-order valence-electron chi connectivity index (χ4n) is 15.9. The second-order valence-corrected chi connectivity index (χ2v) is 30.2. The zero-order valence-corrected chi connectivity index (χ0v) is 53.6. The molecule has 4 nitrogen and oxygen atoms in total. The largest absolute Gasteiger partial charge is 0.309 e. The van der Waals surface area contributed by atoms with Gasteiger partial charge in [-0.3, -0.25) is 0 Å². The van der Waals surface area contributed by atoms with Crippen molar-refractivity contribution in [2.24, 2.45) is 0 Å². The summed E-state index contributed by atoms with van der Waals surface area (Å²) >= 11 is 0. The van der Waals surface area contributed by atoms with E-state index in [1.54, 1.807) is 0 Å². The summed E-state index contributed by atoms with van der Waals surface area (Å²) in [4.78, 5) is 0. The molecule has 18 aromatic rings. The lowest BCUT2D eigenvalue weighted by molar-refractivity contribution is 0.591. The minimum Gasteiger partial charge on any atom is -0.309 e. The predicted octanol–water partition coefficient (Wildman–Crippen LogP) is 23.9. The Kier molecular flexibility index (Phi) is 10.6. The average molecular weight is 1160 g/mol. The third-order valence-corrected chi connectivity index (χ3v) is 20.5. The van der Waals surface area contributed by atoms with Gasteiger partial charge < -0.3 is 17.9 Å². The lowest BCUT2D eigenvalue weighted by Gasteiger charge is -2.22. The molecule has 0 bridgehead atoms. The summed E-state index contributed by atoms with van der Waals surface area (Å²) in [6.07, 6.45) is 0. The molecule has 0 aliphatic rings. The van der Waals surface area contributed by atoms with Crippen LogP contribution in [0.15, 0.2) is 218 Å². The standard InChI is InChI=1S/C86H72N4/c1-83(2,3)51-41-63(49-31-37-75-65(39-49)57-27-19-21-29-73(57)87(75)55-23-15-13-16-24-55)79-69(45-51)71-47-53(85(7,8)9)43-67-61-35-34-60-59(77(61)89(79)81(67)71)33-36-62-68-44-54(86(10,11)12)48-72-70-46-52(84(4,5)6)42-64(80(70)90(78(60)62)82(68)72)50-32-38-76-66(40-50)58-28-20-22-30-74(58)88(76)56-25-17-14-18-26-56/h13-48H,1-12H3. The molecule has 0 saturated heterocycles. The average Bonchev–Trinajstić information content (AvgIpc) is 1.51. The molecule has 436 valence electrons. The zero-order valence-electron chi connectivity index (χ0n) is 53.6. The van der Waals surface area contributed by atoms with E-state index < -0.39 is 0 Å². The van der Waals surface area contributed by atoms with Crippen LogP contribution in [-0.4, -0.2) is 17.9 Å². The minimum absolute atomic E-state index is 0.0887. The third-order valence-electron chi connectivity index (χ3n) is 20.5. The number of aromatic nitrogens is 4. The van der Waals surface area contributed by atoms with Gasteiger partial charge in [0.2, 0.25) is 0 Å². The summed E-state index contributed by atoms with van der Waals surface area (Å²) < 4.78 is 10.3. The number of para-hydroxylation sites is 4. The molecule has 0 saturated carbocycles. The van der Waals surface area contributed by atoms with Gasteiger partial charge in [-0.1, -0.05) is 192 Å². The fraction of sp³-hybridized carbons (Fsp3) is 0.186. The Hall–Kier alpha value is -9.90. The van der Waals surface area contributed by atoms with E-state index in [0.29, 0.717) is 0 Å². The summed E-state index contributed by atoms with van der Waals surface area (Å²) in [5, 5.41) is 18.0. The number of hydrogen-bond donors (Lipinski definition) is 0. The first-order chi connectivity index (χ1) is 43.2. The molecule has 0 spiro atoms. The third kappa shape index (κ3) is 7.30. The van der Waals surface area contributed by atoms with Crippen LogP contribution in [0, 0.1) is 0 Å². The fourth-order valence-corrected chi connectivity index (χ4v) is 15.9. The summed E-state index contributed by atoms with van der Waals surface area (Å²) in [5.74, 6) is 0. The van der Waals surface area contributed by atoms with Gasteiger partial charge in [0.25, 0.3) is 0 Å². The highest BCUT2D eigenvalue weighted by molar-refractivity contribution is 6.34. The molecule has 0 radical (unpaired) electrons. The maximum atomic E-state index is 2.71. The van der Waals surface area contributed by atoms with Crippen LogP contribution < -0.4 is 0 Å². The van der Waals surface area contributed by atoms with Gasteiger partial charge in [0.15, 0.2) is 0 Å². The molecular weight excluding hydrogens is 1090 g/mol. The van der Waals surface area contributed by atoms with Gasteiger partial charge in [-0.25, -0.2) is 0 Å². The summed E-state index contributed by atoms with van der Waals surface area (Å²) in [6, 6.07) is 84.3. The number of benzene rings is 12. The van der Waals surface area contributed by atoms with Crippen molar-refractivity contribution in [1.29, 1.82) is 0 Å². The van der Waals surface area contributed by atoms with E-state index >= 15 is 0 Å². The maximum absolute atomic E-state index is 2.71. The van der Waals surface area contributed by atoms with Crippen LogP contribution in [0.5, 0.6) is 0 Å². The van der Waals surface area contributed by atoms with E-state index in [0.717, 1.165) is 0 Å². The number of fused-ring (bicyclic) bond motifs is 21. The van der Waals surface area contributed by atoms with Crippen LogP contribution in [0.3, 0.4) is 0 Å². The van der Waals surface area contributed by atoms with Crippen molar-refractivity contribution in [1.82, 2.24) is 17.9 Å². The van der Waals surface area contributed by atoms with Crippen molar-refractivity contribution < 1.29 is 0 Å². The zero-order chi connectivity index (χ0) is 61.4. The van der Waals surface area contributed by atoms with E-state index in [4.69, 9.17) is 0 Å². The van der Waals surface area contributed by atoms with Crippen molar-refractivity contribution in [3.63, 3.8) is 0 Å². The molecule has 0 aliphatic heterocycles. The Bertz CT molecular complexity index is 5710. The summed E-state index contributed by atoms with van der Waals surface area (Å²) in [5.41, 5.74) is 24.7. The molecule has 6 heterocycles. The molecule has 0 N–H and O–H groups in total. The summed E-state index contributed by atoms with van der Waals surface area (Å²) in [7, 11) is 0. The van der Waals surface area contributed by atoms with E-state index in [1.165, 1.54) is 186 Å². The SMILES string of the molecule is CC(C)(C)c1cc(-c2ccc3c(c2)c2ccccc2n3-c2ccccc2)c2c(c1)c1cc(C(C)(C)C)cc3c4ccc5c(ccc6c7cc(C(C)(C)C)cc8c9cc(C(C)(C)C)cc(-c%10ccc%11c(c%10)c%10ccccc%10n%11-c%10ccccc%10)c9n(c87)c65)c4n2c13. The van der Waals surface area contributed by atoms with E-state index in [-0.39, 0.29) is 21.7 Å². The van der Waals surface area contributed by atoms with Crippen LogP contribution in [0.1, 0.15) is 105 Å². The quantitative estimate of drug-likeness (QED) is 0.167. The predicted molar refractivity (Wildman–Crippen MR) is 388 cm³/mol. The van der Waals surface area contributed by atoms with Gasteiger partial charge in [0.05, 0.1) is 55.2 Å². The van der Waals surface area contributed by atoms with Crippen molar-refractivity contribution in [3.8, 4) is 33.6 Å². The van der Waals surface area contributed by atoms with Gasteiger partial charge in [-0.15, -0.1) is 0 Å². The molecule has 18 rings (SSSR count). The Morgan fingerprint density at radius 1 is 0.211 bits per heavy atom. The first kappa shape index (κ1) is 53.2. The lowest BCUT2D eigenvalue weighted by atomic mass is 9.82. The van der Waals surface area contributed by atoms with Crippen molar-refractivity contribution in [2.45, 2.75) is 105 Å². The Morgan fingerprint density at radius 3 is 0.844 bits per heavy atom. The normalized spacial score (nSPS) is 13.3. The molecule has 12 aromatic carbocycles. The molecule has 4 heteroatoms. The van der Waals surface area contributed by atoms with Crippen molar-refractivity contribution in [2.75, 3.05) is 0 Å². The van der Waals surface area contributed by atoms with Crippen LogP contribution in [0.2, 0.25) is 0 Å². The van der Waals surface area contributed by atoms with E-state index in [1.807, 2.05) is 0 Å². The molecule has 90 heavy (non-hydrogen) atoms. The van der Waals surface area contributed by atoms with Gasteiger partial charge >= 0.3 is 0 Å². The van der Waals surface area contributed by atoms with E-state index in [2.05, 4.69) is 319 Å². The topological polar surface area (TPSA) is 18.7 Å². The maximum Gasteiger partial charge on any atom is 0.0621 e. The monoisotopic (exact) mass is 1160 g/mol. The number of nitrogens with zero attached hydrogens (tertiary/aromatic N) is 4. The molecule has 0 aliphatic carbocycles. The van der Waals surface area contributed by atoms with Gasteiger partial charge in [-0.2, -0.15) is 0 Å². The van der Waals surface area contributed by atoms with Gasteiger partial charge in [-0.05, 0) is 164 Å².